The molecule has 0 bridgehead atoms. The predicted octanol–water partition coefficient (Wildman–Crippen LogP) is 4.49. The summed E-state index contributed by atoms with van der Waals surface area (Å²) in [6.07, 6.45) is 0. The average molecular weight is 313 g/mol. The van der Waals surface area contributed by atoms with Crippen molar-refractivity contribution in [1.82, 2.24) is 4.90 Å². The van der Waals surface area contributed by atoms with Crippen LogP contribution in [-0.2, 0) is 0 Å². The molecule has 0 aliphatic heterocycles. The molecule has 23 heavy (non-hydrogen) atoms. The van der Waals surface area contributed by atoms with Gasteiger partial charge in [0.05, 0.1) is 0 Å². The summed E-state index contributed by atoms with van der Waals surface area (Å²) in [4.78, 5) is 2.38. The van der Waals surface area contributed by atoms with E-state index in [9.17, 15) is 5.11 Å². The summed E-state index contributed by atoms with van der Waals surface area (Å²) in [6.45, 7) is 8.53. The number of ether oxygens (including phenoxy) is 1. The minimum atomic E-state index is 0.184. The lowest BCUT2D eigenvalue weighted by Gasteiger charge is -2.34. The number of hydrogen-bond acceptors (Lipinski definition) is 3. The van der Waals surface area contributed by atoms with Crippen molar-refractivity contribution in [2.24, 2.45) is 5.92 Å². The largest absolute Gasteiger partial charge is 0.457 e. The van der Waals surface area contributed by atoms with Gasteiger partial charge in [-0.2, -0.15) is 0 Å². The van der Waals surface area contributed by atoms with Crippen LogP contribution in [0.4, 0.5) is 0 Å². The Labute approximate surface area is 139 Å². The third-order valence-electron chi connectivity index (χ3n) is 4.23. The number of nitrogens with zero attached hydrogens (tertiary/aromatic N) is 1. The van der Waals surface area contributed by atoms with Crippen LogP contribution >= 0.6 is 0 Å². The van der Waals surface area contributed by atoms with Gasteiger partial charge in [-0.25, -0.2) is 0 Å². The van der Waals surface area contributed by atoms with Gasteiger partial charge in [0, 0.05) is 12.6 Å². The van der Waals surface area contributed by atoms with E-state index in [0.717, 1.165) is 24.6 Å². The van der Waals surface area contributed by atoms with Gasteiger partial charge in [0.15, 0.2) is 0 Å². The Balaban J connectivity index is 2.18. The third kappa shape index (κ3) is 4.57. The fourth-order valence-corrected chi connectivity index (χ4v) is 2.97. The molecule has 2 rings (SSSR count). The quantitative estimate of drug-likeness (QED) is 0.779. The van der Waals surface area contributed by atoms with Crippen LogP contribution in [0.5, 0.6) is 11.5 Å². The van der Waals surface area contributed by atoms with Gasteiger partial charge in [-0.3, -0.25) is 4.90 Å². The van der Waals surface area contributed by atoms with Crippen molar-refractivity contribution in [3.8, 4) is 11.5 Å². The molecule has 0 amide bonds. The number of para-hydroxylation sites is 1. The molecular weight excluding hydrogens is 286 g/mol. The normalized spacial score (nSPS) is 13.8. The Hall–Kier alpha value is -1.84. The standard InChI is InChI=1S/C20H27NO2/c1-4-21(5-2)20(16(3)15-22)17-11-13-19(14-12-17)23-18-9-7-6-8-10-18/h6-14,16,20,22H,4-5,15H2,1-3H3. The summed E-state index contributed by atoms with van der Waals surface area (Å²) in [5, 5.41) is 9.60. The maximum atomic E-state index is 9.60. The van der Waals surface area contributed by atoms with Crippen LogP contribution in [0.2, 0.25) is 0 Å². The predicted molar refractivity (Wildman–Crippen MR) is 94.9 cm³/mol. The molecule has 0 spiro atoms. The van der Waals surface area contributed by atoms with E-state index in [0.29, 0.717) is 0 Å². The second-order valence-corrected chi connectivity index (χ2v) is 5.81. The fourth-order valence-electron chi connectivity index (χ4n) is 2.97. The highest BCUT2D eigenvalue weighted by Gasteiger charge is 2.23. The first-order valence-electron chi connectivity index (χ1n) is 8.37. The van der Waals surface area contributed by atoms with Crippen LogP contribution < -0.4 is 4.74 Å². The summed E-state index contributed by atoms with van der Waals surface area (Å²) in [5.41, 5.74) is 1.22. The highest BCUT2D eigenvalue weighted by Crippen LogP contribution is 2.30. The lowest BCUT2D eigenvalue weighted by atomic mass is 9.93. The van der Waals surface area contributed by atoms with Gasteiger partial charge >= 0.3 is 0 Å². The molecule has 3 nitrogen and oxygen atoms in total. The smallest absolute Gasteiger partial charge is 0.127 e. The van der Waals surface area contributed by atoms with Crippen LogP contribution in [0.3, 0.4) is 0 Å². The summed E-state index contributed by atoms with van der Waals surface area (Å²) >= 11 is 0. The van der Waals surface area contributed by atoms with Crippen molar-refractivity contribution >= 4 is 0 Å². The first kappa shape index (κ1) is 17.5. The second kappa shape index (κ2) is 8.70. The van der Waals surface area contributed by atoms with Crippen molar-refractivity contribution in [3.05, 3.63) is 60.2 Å². The van der Waals surface area contributed by atoms with Gasteiger partial charge in [0.25, 0.3) is 0 Å². The van der Waals surface area contributed by atoms with Crippen LogP contribution in [0.25, 0.3) is 0 Å². The Kier molecular flexibility index (Phi) is 6.63. The maximum absolute atomic E-state index is 9.60. The molecule has 0 heterocycles. The number of aliphatic hydroxyl groups excluding tert-OH is 1. The molecule has 0 aliphatic rings. The first-order valence-corrected chi connectivity index (χ1v) is 8.37. The minimum absolute atomic E-state index is 0.184. The molecule has 0 saturated carbocycles. The van der Waals surface area contributed by atoms with E-state index in [2.05, 4.69) is 37.8 Å². The lowest BCUT2D eigenvalue weighted by Crippen LogP contribution is -2.34. The van der Waals surface area contributed by atoms with Gasteiger partial charge in [0.1, 0.15) is 11.5 Å². The Bertz CT molecular complexity index is 564. The van der Waals surface area contributed by atoms with E-state index in [4.69, 9.17) is 4.74 Å². The van der Waals surface area contributed by atoms with Crippen LogP contribution in [0.15, 0.2) is 54.6 Å². The molecule has 0 aromatic heterocycles. The first-order chi connectivity index (χ1) is 11.2. The zero-order valence-electron chi connectivity index (χ0n) is 14.3. The zero-order valence-corrected chi connectivity index (χ0v) is 14.3. The van der Waals surface area contributed by atoms with Crippen molar-refractivity contribution < 1.29 is 9.84 Å². The Morgan fingerprint density at radius 2 is 1.48 bits per heavy atom. The molecule has 2 atom stereocenters. The summed E-state index contributed by atoms with van der Waals surface area (Å²) in [7, 11) is 0. The molecule has 0 radical (unpaired) electrons. The number of hydrogen-bond donors (Lipinski definition) is 1. The van der Waals surface area contributed by atoms with Gasteiger partial charge in [0.2, 0.25) is 0 Å². The maximum Gasteiger partial charge on any atom is 0.127 e. The van der Waals surface area contributed by atoms with Crippen LogP contribution in [0.1, 0.15) is 32.4 Å². The fraction of sp³-hybridized carbons (Fsp3) is 0.400. The highest BCUT2D eigenvalue weighted by atomic mass is 16.5. The topological polar surface area (TPSA) is 32.7 Å². The molecule has 0 saturated heterocycles. The highest BCUT2D eigenvalue weighted by molar-refractivity contribution is 5.34. The number of aliphatic hydroxyl groups is 1. The van der Waals surface area contributed by atoms with Gasteiger partial charge in [-0.05, 0) is 48.8 Å². The molecule has 124 valence electrons. The summed E-state index contributed by atoms with van der Waals surface area (Å²) in [6, 6.07) is 18.2. The van der Waals surface area contributed by atoms with E-state index in [-0.39, 0.29) is 18.6 Å². The molecule has 3 heteroatoms. The van der Waals surface area contributed by atoms with E-state index >= 15 is 0 Å². The average Bonchev–Trinajstić information content (AvgIpc) is 2.61. The molecule has 1 N–H and O–H groups in total. The van der Waals surface area contributed by atoms with Crippen LogP contribution in [0, 0.1) is 5.92 Å². The molecule has 0 aliphatic carbocycles. The Morgan fingerprint density at radius 1 is 0.913 bits per heavy atom. The molecule has 2 aromatic rings. The van der Waals surface area contributed by atoms with E-state index < -0.39 is 0 Å². The SMILES string of the molecule is CCN(CC)C(c1ccc(Oc2ccccc2)cc1)C(C)CO. The van der Waals surface area contributed by atoms with Crippen molar-refractivity contribution in [3.63, 3.8) is 0 Å². The second-order valence-electron chi connectivity index (χ2n) is 5.81. The van der Waals surface area contributed by atoms with Gasteiger partial charge in [-0.15, -0.1) is 0 Å². The van der Waals surface area contributed by atoms with E-state index in [1.54, 1.807) is 0 Å². The Morgan fingerprint density at radius 3 is 2.00 bits per heavy atom. The number of benzene rings is 2. The zero-order chi connectivity index (χ0) is 16.7. The van der Waals surface area contributed by atoms with E-state index in [1.165, 1.54) is 5.56 Å². The van der Waals surface area contributed by atoms with Crippen molar-refractivity contribution in [1.29, 1.82) is 0 Å². The summed E-state index contributed by atoms with van der Waals surface area (Å²) < 4.78 is 5.85. The molecule has 2 unspecified atom stereocenters. The lowest BCUT2D eigenvalue weighted by molar-refractivity contribution is 0.114. The monoisotopic (exact) mass is 313 g/mol. The molecular formula is C20H27NO2. The van der Waals surface area contributed by atoms with Crippen molar-refractivity contribution in [2.75, 3.05) is 19.7 Å². The van der Waals surface area contributed by atoms with Crippen LogP contribution in [-0.4, -0.2) is 29.7 Å². The van der Waals surface area contributed by atoms with E-state index in [1.807, 2.05) is 42.5 Å². The molecule has 0 fully saturated rings. The van der Waals surface area contributed by atoms with Gasteiger partial charge < -0.3 is 9.84 Å². The molecule has 2 aromatic carbocycles. The third-order valence-corrected chi connectivity index (χ3v) is 4.23. The minimum Gasteiger partial charge on any atom is -0.457 e. The van der Waals surface area contributed by atoms with Crippen molar-refractivity contribution in [2.45, 2.75) is 26.8 Å². The van der Waals surface area contributed by atoms with Gasteiger partial charge in [-0.1, -0.05) is 51.1 Å². The summed E-state index contributed by atoms with van der Waals surface area (Å²) in [5.74, 6) is 1.86. The number of rotatable bonds is 8.